The summed E-state index contributed by atoms with van der Waals surface area (Å²) in [7, 11) is 0. The largest absolute Gasteiger partial charge is 0.345 e. The van der Waals surface area contributed by atoms with Crippen LogP contribution in [0.15, 0.2) is 0 Å². The van der Waals surface area contributed by atoms with Gasteiger partial charge in [0.25, 0.3) is 0 Å². The van der Waals surface area contributed by atoms with Crippen LogP contribution in [0.25, 0.3) is 0 Å². The third-order valence-electron chi connectivity index (χ3n) is 4.11. The molecule has 2 rings (SSSR count). The van der Waals surface area contributed by atoms with Crippen molar-refractivity contribution in [1.82, 2.24) is 9.88 Å². The van der Waals surface area contributed by atoms with Crippen molar-refractivity contribution in [1.29, 1.82) is 0 Å². The summed E-state index contributed by atoms with van der Waals surface area (Å²) in [6, 6.07) is 0. The predicted molar refractivity (Wildman–Crippen MR) is 95.1 cm³/mol. The molecule has 1 aliphatic rings. The summed E-state index contributed by atoms with van der Waals surface area (Å²) in [4.78, 5) is 22.5. The Morgan fingerprint density at radius 2 is 1.91 bits per heavy atom. The van der Waals surface area contributed by atoms with Gasteiger partial charge in [-0.3, -0.25) is 4.79 Å². The molecule has 0 aromatic carbocycles. The molecule has 1 atom stereocenters. The van der Waals surface area contributed by atoms with Gasteiger partial charge in [0.05, 0.1) is 11.2 Å². The fourth-order valence-corrected chi connectivity index (χ4v) is 3.64. The van der Waals surface area contributed by atoms with E-state index in [9.17, 15) is 4.79 Å². The Morgan fingerprint density at radius 1 is 1.32 bits per heavy atom. The van der Waals surface area contributed by atoms with Gasteiger partial charge in [0.1, 0.15) is 0 Å². The lowest BCUT2D eigenvalue weighted by Gasteiger charge is -2.38. The van der Waals surface area contributed by atoms with Crippen LogP contribution in [0, 0.1) is 13.8 Å². The normalized spacial score (nSPS) is 17.9. The highest BCUT2D eigenvalue weighted by Gasteiger charge is 2.33. The third kappa shape index (κ3) is 4.12. The lowest BCUT2D eigenvalue weighted by atomic mass is 9.95. The average Bonchev–Trinajstić information content (AvgIpc) is 2.78. The summed E-state index contributed by atoms with van der Waals surface area (Å²) in [6.07, 6.45) is 1.66. The summed E-state index contributed by atoms with van der Waals surface area (Å²) >= 11 is 1.73. The maximum atomic E-state index is 12.5. The number of anilines is 1. The van der Waals surface area contributed by atoms with E-state index in [0.29, 0.717) is 0 Å². The van der Waals surface area contributed by atoms with Crippen LogP contribution in [0.5, 0.6) is 0 Å². The molecule has 0 bridgehead atoms. The predicted octanol–water partition coefficient (Wildman–Crippen LogP) is 2.35. The van der Waals surface area contributed by atoms with E-state index in [1.807, 2.05) is 18.7 Å². The van der Waals surface area contributed by atoms with E-state index >= 15 is 0 Å². The standard InChI is InChI=1S/C15H26N4OS.ClH/c1-5-6-15(4,16)13(20)18-7-9-19(10-8-18)14-17-11(2)12(3)21-14;/h5-10,16H2,1-4H3;1H. The maximum Gasteiger partial charge on any atom is 0.242 e. The van der Waals surface area contributed by atoms with Crippen molar-refractivity contribution >= 4 is 34.8 Å². The highest BCUT2D eigenvalue weighted by molar-refractivity contribution is 7.15. The van der Waals surface area contributed by atoms with E-state index in [2.05, 4.69) is 23.7 Å². The topological polar surface area (TPSA) is 62.5 Å². The Labute approximate surface area is 143 Å². The van der Waals surface area contributed by atoms with Crippen molar-refractivity contribution in [3.63, 3.8) is 0 Å². The van der Waals surface area contributed by atoms with Crippen LogP contribution in [0.4, 0.5) is 5.13 Å². The molecule has 1 saturated heterocycles. The number of carbonyl (C=O) groups excluding carboxylic acids is 1. The van der Waals surface area contributed by atoms with Gasteiger partial charge in [-0.2, -0.15) is 0 Å². The van der Waals surface area contributed by atoms with Crippen LogP contribution in [0.2, 0.25) is 0 Å². The number of nitrogens with two attached hydrogens (primary N) is 1. The Morgan fingerprint density at radius 3 is 2.36 bits per heavy atom. The smallest absolute Gasteiger partial charge is 0.242 e. The van der Waals surface area contributed by atoms with Gasteiger partial charge in [0, 0.05) is 31.1 Å². The summed E-state index contributed by atoms with van der Waals surface area (Å²) in [5.41, 5.74) is 6.53. The van der Waals surface area contributed by atoms with Crippen LogP contribution < -0.4 is 10.6 Å². The van der Waals surface area contributed by atoms with Crippen molar-refractivity contribution in [2.75, 3.05) is 31.1 Å². The van der Waals surface area contributed by atoms with Gasteiger partial charge in [-0.15, -0.1) is 23.7 Å². The number of halogens is 1. The molecule has 1 fully saturated rings. The van der Waals surface area contributed by atoms with Crippen LogP contribution in [-0.4, -0.2) is 47.5 Å². The van der Waals surface area contributed by atoms with Crippen LogP contribution in [0.3, 0.4) is 0 Å². The number of thiazole rings is 1. The number of aromatic nitrogens is 1. The molecule has 0 spiro atoms. The molecular weight excluding hydrogens is 320 g/mol. The number of aryl methyl sites for hydroxylation is 2. The fourth-order valence-electron chi connectivity index (χ4n) is 2.68. The van der Waals surface area contributed by atoms with Gasteiger partial charge in [-0.05, 0) is 27.2 Å². The molecule has 0 aliphatic carbocycles. The number of nitrogens with zero attached hydrogens (tertiary/aromatic N) is 3. The quantitative estimate of drug-likeness (QED) is 0.909. The second kappa shape index (κ2) is 7.62. The molecule has 0 radical (unpaired) electrons. The first-order valence-electron chi connectivity index (χ1n) is 7.62. The number of hydrogen-bond donors (Lipinski definition) is 1. The number of rotatable bonds is 4. The number of piperazine rings is 1. The Hall–Kier alpha value is -0.850. The molecule has 22 heavy (non-hydrogen) atoms. The fraction of sp³-hybridized carbons (Fsp3) is 0.733. The molecule has 1 aromatic heterocycles. The Balaban J connectivity index is 0.00000242. The van der Waals surface area contributed by atoms with Crippen molar-refractivity contribution in [3.8, 4) is 0 Å². The van der Waals surface area contributed by atoms with Crippen molar-refractivity contribution in [2.45, 2.75) is 46.1 Å². The Kier molecular flexibility index (Phi) is 6.65. The highest BCUT2D eigenvalue weighted by Crippen LogP contribution is 2.26. The van der Waals surface area contributed by atoms with Crippen molar-refractivity contribution in [3.05, 3.63) is 10.6 Å². The van der Waals surface area contributed by atoms with Crippen LogP contribution >= 0.6 is 23.7 Å². The number of hydrogen-bond acceptors (Lipinski definition) is 5. The second-order valence-corrected chi connectivity index (χ2v) is 7.27. The van der Waals surface area contributed by atoms with E-state index in [-0.39, 0.29) is 18.3 Å². The first-order valence-corrected chi connectivity index (χ1v) is 8.44. The minimum Gasteiger partial charge on any atom is -0.345 e. The zero-order valence-corrected chi connectivity index (χ0v) is 15.5. The zero-order valence-electron chi connectivity index (χ0n) is 13.9. The first-order chi connectivity index (χ1) is 9.85. The molecule has 7 heteroatoms. The van der Waals surface area contributed by atoms with Gasteiger partial charge in [0.2, 0.25) is 5.91 Å². The number of carbonyl (C=O) groups is 1. The van der Waals surface area contributed by atoms with E-state index in [4.69, 9.17) is 5.73 Å². The van der Waals surface area contributed by atoms with E-state index in [1.54, 1.807) is 11.3 Å². The number of amides is 1. The molecule has 2 N–H and O–H groups in total. The molecule has 1 aliphatic heterocycles. The summed E-state index contributed by atoms with van der Waals surface area (Å²) in [6.45, 7) is 11.2. The lowest BCUT2D eigenvalue weighted by Crippen LogP contribution is -2.58. The van der Waals surface area contributed by atoms with Gasteiger partial charge < -0.3 is 15.5 Å². The van der Waals surface area contributed by atoms with Crippen LogP contribution in [-0.2, 0) is 4.79 Å². The monoisotopic (exact) mass is 346 g/mol. The molecule has 1 unspecified atom stereocenters. The van der Waals surface area contributed by atoms with E-state index < -0.39 is 5.54 Å². The molecule has 126 valence electrons. The summed E-state index contributed by atoms with van der Waals surface area (Å²) < 4.78 is 0. The molecule has 1 amide bonds. The molecule has 1 aromatic rings. The maximum absolute atomic E-state index is 12.5. The van der Waals surface area contributed by atoms with Gasteiger partial charge in [-0.25, -0.2) is 4.98 Å². The average molecular weight is 347 g/mol. The molecule has 5 nitrogen and oxygen atoms in total. The summed E-state index contributed by atoms with van der Waals surface area (Å²) in [5.74, 6) is 0.0792. The molecule has 2 heterocycles. The minimum atomic E-state index is -0.731. The highest BCUT2D eigenvalue weighted by atomic mass is 35.5. The van der Waals surface area contributed by atoms with Gasteiger partial charge in [0.15, 0.2) is 5.13 Å². The molecule has 0 saturated carbocycles. The van der Waals surface area contributed by atoms with E-state index in [1.165, 1.54) is 4.88 Å². The van der Waals surface area contributed by atoms with Crippen molar-refractivity contribution < 1.29 is 4.79 Å². The lowest BCUT2D eigenvalue weighted by molar-refractivity contribution is -0.137. The van der Waals surface area contributed by atoms with E-state index in [0.717, 1.165) is 49.8 Å². The first kappa shape index (κ1) is 19.2. The third-order valence-corrected chi connectivity index (χ3v) is 5.25. The zero-order chi connectivity index (χ0) is 15.6. The SMILES string of the molecule is CCCC(C)(N)C(=O)N1CCN(c2nc(C)c(C)s2)CC1.Cl. The Bertz CT molecular complexity index is 490. The minimum absolute atomic E-state index is 0. The molecular formula is C15H27ClN4OS. The van der Waals surface area contributed by atoms with Crippen LogP contribution in [0.1, 0.15) is 37.3 Å². The van der Waals surface area contributed by atoms with Crippen molar-refractivity contribution in [2.24, 2.45) is 5.73 Å². The summed E-state index contributed by atoms with van der Waals surface area (Å²) in [5, 5.41) is 1.07. The van der Waals surface area contributed by atoms with Gasteiger partial charge in [-0.1, -0.05) is 13.3 Å². The van der Waals surface area contributed by atoms with Gasteiger partial charge >= 0.3 is 0 Å². The second-order valence-electron chi connectivity index (χ2n) is 6.08.